The van der Waals surface area contributed by atoms with Gasteiger partial charge in [-0.3, -0.25) is 4.99 Å². The molecule has 23 heavy (non-hydrogen) atoms. The van der Waals surface area contributed by atoms with E-state index in [0.717, 1.165) is 16.9 Å². The van der Waals surface area contributed by atoms with E-state index in [1.54, 1.807) is 20.2 Å². The number of methoxy groups -OCH3 is 1. The number of aliphatic imine (C=N–C) groups is 1. The lowest BCUT2D eigenvalue weighted by atomic mass is 10.1. The smallest absolute Gasteiger partial charge is 0.191 e. The summed E-state index contributed by atoms with van der Waals surface area (Å²) in [5.41, 5.74) is 2.75. The van der Waals surface area contributed by atoms with Crippen LogP contribution in [-0.4, -0.2) is 20.1 Å². The third kappa shape index (κ3) is 4.75. The highest BCUT2D eigenvalue weighted by Gasteiger charge is 2.03. The predicted octanol–water partition coefficient (Wildman–Crippen LogP) is 2.43. The minimum atomic E-state index is 0.598. The Morgan fingerprint density at radius 3 is 2.65 bits per heavy atom. The molecule has 2 N–H and O–H groups in total. The van der Waals surface area contributed by atoms with Gasteiger partial charge in [0.2, 0.25) is 0 Å². The van der Waals surface area contributed by atoms with Crippen molar-refractivity contribution in [3.8, 4) is 11.8 Å². The normalized spacial score (nSPS) is 10.7. The molecule has 0 fully saturated rings. The first-order valence-electron chi connectivity index (χ1n) is 7.32. The molecule has 0 atom stereocenters. The van der Waals surface area contributed by atoms with E-state index in [1.165, 1.54) is 0 Å². The number of nitriles is 1. The van der Waals surface area contributed by atoms with Crippen molar-refractivity contribution in [2.75, 3.05) is 14.2 Å². The van der Waals surface area contributed by atoms with E-state index in [0.29, 0.717) is 24.6 Å². The summed E-state index contributed by atoms with van der Waals surface area (Å²) in [7, 11) is 3.39. The largest absolute Gasteiger partial charge is 0.496 e. The zero-order chi connectivity index (χ0) is 16.5. The highest BCUT2D eigenvalue weighted by Crippen LogP contribution is 2.16. The minimum Gasteiger partial charge on any atom is -0.496 e. The molecule has 5 heteroatoms. The average Bonchev–Trinajstić information content (AvgIpc) is 2.62. The number of hydrogen-bond acceptors (Lipinski definition) is 3. The lowest BCUT2D eigenvalue weighted by Gasteiger charge is -2.13. The fraction of sp³-hybridized carbons (Fsp3) is 0.222. The van der Waals surface area contributed by atoms with Gasteiger partial charge >= 0.3 is 0 Å². The lowest BCUT2D eigenvalue weighted by molar-refractivity contribution is 0.409. The van der Waals surface area contributed by atoms with Gasteiger partial charge in [-0.1, -0.05) is 30.3 Å². The van der Waals surface area contributed by atoms with E-state index in [2.05, 4.69) is 21.7 Å². The van der Waals surface area contributed by atoms with Crippen molar-refractivity contribution in [2.24, 2.45) is 4.99 Å². The van der Waals surface area contributed by atoms with Crippen LogP contribution in [0.5, 0.6) is 5.75 Å². The fourth-order valence-corrected chi connectivity index (χ4v) is 2.19. The molecule has 2 rings (SSSR count). The first-order chi connectivity index (χ1) is 11.3. The monoisotopic (exact) mass is 308 g/mol. The van der Waals surface area contributed by atoms with Gasteiger partial charge in [0.1, 0.15) is 5.75 Å². The maximum Gasteiger partial charge on any atom is 0.191 e. The second-order valence-electron chi connectivity index (χ2n) is 4.90. The zero-order valence-corrected chi connectivity index (χ0v) is 13.3. The number of guanidine groups is 1. The van der Waals surface area contributed by atoms with Crippen molar-refractivity contribution in [3.63, 3.8) is 0 Å². The molecule has 118 valence electrons. The quantitative estimate of drug-likeness (QED) is 0.657. The number of nitrogens with zero attached hydrogens (tertiary/aromatic N) is 2. The molecule has 0 amide bonds. The van der Waals surface area contributed by atoms with Crippen molar-refractivity contribution in [1.82, 2.24) is 10.6 Å². The molecule has 0 bridgehead atoms. The number of para-hydroxylation sites is 1. The van der Waals surface area contributed by atoms with Crippen LogP contribution in [0, 0.1) is 11.3 Å². The molecule has 2 aromatic carbocycles. The lowest BCUT2D eigenvalue weighted by Crippen LogP contribution is -2.36. The molecule has 0 aromatic heterocycles. The van der Waals surface area contributed by atoms with Gasteiger partial charge < -0.3 is 15.4 Å². The molecule has 0 aliphatic carbocycles. The minimum absolute atomic E-state index is 0.598. The number of hydrogen-bond donors (Lipinski definition) is 2. The molecule has 2 aromatic rings. The Balaban J connectivity index is 1.92. The zero-order valence-electron chi connectivity index (χ0n) is 13.3. The highest BCUT2D eigenvalue weighted by atomic mass is 16.5. The molecule has 5 nitrogen and oxygen atoms in total. The Kier molecular flexibility index (Phi) is 6.01. The summed E-state index contributed by atoms with van der Waals surface area (Å²) in [4.78, 5) is 4.20. The first kappa shape index (κ1) is 16.4. The summed E-state index contributed by atoms with van der Waals surface area (Å²) in [6.45, 7) is 1.21. The summed E-state index contributed by atoms with van der Waals surface area (Å²) in [6, 6.07) is 17.5. The second kappa shape index (κ2) is 8.44. The maximum atomic E-state index is 8.93. The number of ether oxygens (including phenoxy) is 1. The molecule has 0 unspecified atom stereocenters. The summed E-state index contributed by atoms with van der Waals surface area (Å²) in [6.07, 6.45) is 0. The average molecular weight is 308 g/mol. The molecule has 0 aliphatic heterocycles. The number of benzene rings is 2. The van der Waals surface area contributed by atoms with Crippen molar-refractivity contribution in [2.45, 2.75) is 13.1 Å². The van der Waals surface area contributed by atoms with E-state index < -0.39 is 0 Å². The van der Waals surface area contributed by atoms with E-state index in [-0.39, 0.29) is 0 Å². The van der Waals surface area contributed by atoms with Crippen LogP contribution in [0.4, 0.5) is 0 Å². The van der Waals surface area contributed by atoms with E-state index in [9.17, 15) is 0 Å². The topological polar surface area (TPSA) is 69.4 Å². The summed E-state index contributed by atoms with van der Waals surface area (Å²) >= 11 is 0. The fourth-order valence-electron chi connectivity index (χ4n) is 2.19. The standard InChI is InChI=1S/C18H20N4O/c1-20-18(21-12-15-7-5-6-14(10-15)11-19)22-13-16-8-3-4-9-17(16)23-2/h3-10H,12-13H2,1-2H3,(H2,20,21,22). The van der Waals surface area contributed by atoms with E-state index in [4.69, 9.17) is 10.00 Å². The van der Waals surface area contributed by atoms with Crippen molar-refractivity contribution in [3.05, 3.63) is 65.2 Å². The van der Waals surface area contributed by atoms with E-state index in [1.807, 2.05) is 42.5 Å². The summed E-state index contributed by atoms with van der Waals surface area (Å²) in [5, 5.41) is 15.4. The van der Waals surface area contributed by atoms with Crippen LogP contribution in [0.2, 0.25) is 0 Å². The van der Waals surface area contributed by atoms with Crippen LogP contribution in [0.15, 0.2) is 53.5 Å². The third-order valence-electron chi connectivity index (χ3n) is 3.38. The van der Waals surface area contributed by atoms with Gasteiger partial charge in [0.25, 0.3) is 0 Å². The molecule has 0 aliphatic rings. The van der Waals surface area contributed by atoms with Gasteiger partial charge in [-0.05, 0) is 23.8 Å². The number of nitrogens with one attached hydrogen (secondary N) is 2. The molecule has 0 saturated carbocycles. The molecule has 0 spiro atoms. The van der Waals surface area contributed by atoms with Gasteiger partial charge in [-0.15, -0.1) is 0 Å². The Hall–Kier alpha value is -3.00. The molecule has 0 heterocycles. The van der Waals surface area contributed by atoms with Crippen LogP contribution in [0.3, 0.4) is 0 Å². The van der Waals surface area contributed by atoms with Gasteiger partial charge in [0, 0.05) is 25.7 Å². The SMILES string of the molecule is CN=C(NCc1cccc(C#N)c1)NCc1ccccc1OC. The molecule has 0 radical (unpaired) electrons. The van der Waals surface area contributed by atoms with E-state index >= 15 is 0 Å². The van der Waals surface area contributed by atoms with Gasteiger partial charge in [0.05, 0.1) is 18.7 Å². The number of rotatable bonds is 5. The molecular weight excluding hydrogens is 288 g/mol. The van der Waals surface area contributed by atoms with Crippen LogP contribution < -0.4 is 15.4 Å². The second-order valence-corrected chi connectivity index (χ2v) is 4.90. The maximum absolute atomic E-state index is 8.93. The summed E-state index contributed by atoms with van der Waals surface area (Å²) < 4.78 is 5.34. The van der Waals surface area contributed by atoms with Crippen LogP contribution in [0.25, 0.3) is 0 Å². The van der Waals surface area contributed by atoms with Gasteiger partial charge in [-0.25, -0.2) is 0 Å². The van der Waals surface area contributed by atoms with Crippen molar-refractivity contribution < 1.29 is 4.74 Å². The Labute approximate surface area is 136 Å². The Morgan fingerprint density at radius 1 is 1.13 bits per heavy atom. The highest BCUT2D eigenvalue weighted by molar-refractivity contribution is 5.79. The van der Waals surface area contributed by atoms with Gasteiger partial charge in [0.15, 0.2) is 5.96 Å². The predicted molar refractivity (Wildman–Crippen MR) is 91.2 cm³/mol. The van der Waals surface area contributed by atoms with Crippen molar-refractivity contribution in [1.29, 1.82) is 5.26 Å². The van der Waals surface area contributed by atoms with Crippen LogP contribution in [-0.2, 0) is 13.1 Å². The third-order valence-corrected chi connectivity index (χ3v) is 3.38. The van der Waals surface area contributed by atoms with Crippen LogP contribution in [0.1, 0.15) is 16.7 Å². The Morgan fingerprint density at radius 2 is 1.91 bits per heavy atom. The van der Waals surface area contributed by atoms with Crippen molar-refractivity contribution >= 4 is 5.96 Å². The molecular formula is C18H20N4O. The first-order valence-corrected chi connectivity index (χ1v) is 7.32. The summed E-state index contributed by atoms with van der Waals surface area (Å²) in [5.74, 6) is 1.54. The van der Waals surface area contributed by atoms with Crippen LogP contribution >= 0.6 is 0 Å². The molecule has 0 saturated heterocycles. The van der Waals surface area contributed by atoms with Gasteiger partial charge in [-0.2, -0.15) is 5.26 Å². The Bertz CT molecular complexity index is 719.